The van der Waals surface area contributed by atoms with Crippen LogP contribution in [0.25, 0.3) is 11.1 Å². The first-order chi connectivity index (χ1) is 21.8. The van der Waals surface area contributed by atoms with Crippen molar-refractivity contribution in [2.75, 3.05) is 25.6 Å². The van der Waals surface area contributed by atoms with Crippen LogP contribution in [0.4, 0.5) is 23.2 Å². The molecule has 0 atom stereocenters. The normalized spacial score (nSPS) is 11.7. The number of rotatable bonds is 13. The molecule has 0 bridgehead atoms. The van der Waals surface area contributed by atoms with Crippen molar-refractivity contribution in [1.29, 1.82) is 0 Å². The smallest absolute Gasteiger partial charge is 0.416 e. The first-order valence-electron chi connectivity index (χ1n) is 14.6. The lowest BCUT2D eigenvalue weighted by molar-refractivity contribution is -0.138. The number of aliphatic hydroxyl groups is 1. The van der Waals surface area contributed by atoms with Gasteiger partial charge in [-0.3, -0.25) is 4.79 Å². The highest BCUT2D eigenvalue weighted by Crippen LogP contribution is 2.37. The minimum atomic E-state index is -4.67. The lowest BCUT2D eigenvalue weighted by Crippen LogP contribution is -2.22. The van der Waals surface area contributed by atoms with Crippen LogP contribution in [0.3, 0.4) is 0 Å². The molecule has 0 saturated carbocycles. The molecule has 4 rings (SSSR count). The summed E-state index contributed by atoms with van der Waals surface area (Å²) in [5.74, 6) is 0.0323. The van der Waals surface area contributed by atoms with Gasteiger partial charge in [-0.05, 0) is 77.4 Å². The maximum Gasteiger partial charge on any atom is 0.416 e. The number of methoxy groups -OCH3 is 1. The third-order valence-electron chi connectivity index (χ3n) is 7.19. The summed E-state index contributed by atoms with van der Waals surface area (Å²) in [5.41, 5.74) is 0.273. The quantitative estimate of drug-likeness (QED) is 0.146. The molecule has 244 valence electrons. The Morgan fingerprint density at radius 2 is 1.65 bits per heavy atom. The third kappa shape index (κ3) is 8.97. The molecule has 2 N–H and O–H groups in total. The van der Waals surface area contributed by atoms with Crippen molar-refractivity contribution >= 4 is 11.6 Å². The lowest BCUT2D eigenvalue weighted by Gasteiger charge is -2.24. The summed E-state index contributed by atoms with van der Waals surface area (Å²) in [6, 6.07) is 16.9. The van der Waals surface area contributed by atoms with Gasteiger partial charge in [0.2, 0.25) is 5.91 Å². The Bertz CT molecular complexity index is 1660. The van der Waals surface area contributed by atoms with E-state index in [0.29, 0.717) is 23.5 Å². The second-order valence-electron chi connectivity index (χ2n) is 11.5. The number of aliphatic hydroxyl groups excluding tert-OH is 1. The monoisotopic (exact) mass is 640 g/mol. The van der Waals surface area contributed by atoms with Gasteiger partial charge in [0.1, 0.15) is 18.2 Å². The topological polar surface area (TPSA) is 89.9 Å². The third-order valence-corrected chi connectivity index (χ3v) is 7.19. The highest BCUT2D eigenvalue weighted by Gasteiger charge is 2.35. The Hall–Kier alpha value is -4.64. The number of benzene rings is 3. The summed E-state index contributed by atoms with van der Waals surface area (Å²) in [4.78, 5) is 17.1. The molecule has 1 heterocycles. The average Bonchev–Trinajstić information content (AvgIpc) is 3.02. The fourth-order valence-corrected chi connectivity index (χ4v) is 4.72. The number of ether oxygens (including phenoxy) is 3. The van der Waals surface area contributed by atoms with Gasteiger partial charge in [-0.15, -0.1) is 0 Å². The van der Waals surface area contributed by atoms with Crippen molar-refractivity contribution in [2.45, 2.75) is 46.4 Å². The van der Waals surface area contributed by atoms with Gasteiger partial charge in [-0.25, -0.2) is 9.37 Å². The fraction of sp³-hybridized carbons (Fsp3) is 0.314. The highest BCUT2D eigenvalue weighted by atomic mass is 19.4. The predicted octanol–water partition coefficient (Wildman–Crippen LogP) is 7.64. The number of carbonyl (C=O) groups excluding carboxylic acids is 1. The summed E-state index contributed by atoms with van der Waals surface area (Å²) >= 11 is 0. The summed E-state index contributed by atoms with van der Waals surface area (Å²) in [6.45, 7) is 5.43. The standard InChI is InChI=1S/C35H36F4N2O5/c1-5-45-31-15-26(19-40-33(31)46-20-22-6-12-28(44-4)13-7-22)23-8-9-24(30(36)14-23)16-32(43)41-27-11-10-25(18-34(2,3)21-42)29(17-27)35(37,38)39/h6-15,17,19,42H,5,16,18,20-21H2,1-4H3,(H,41,43). The molecule has 0 aliphatic rings. The molecule has 0 aliphatic heterocycles. The maximum atomic E-state index is 15.2. The molecule has 0 fully saturated rings. The minimum Gasteiger partial charge on any atom is -0.497 e. The first-order valence-corrected chi connectivity index (χ1v) is 14.6. The number of anilines is 1. The number of halogens is 4. The molecular formula is C35H36F4N2O5. The van der Waals surface area contributed by atoms with E-state index in [-0.39, 0.29) is 42.3 Å². The summed E-state index contributed by atoms with van der Waals surface area (Å²) in [7, 11) is 1.59. The van der Waals surface area contributed by atoms with E-state index in [0.717, 1.165) is 17.4 Å². The van der Waals surface area contributed by atoms with Crippen LogP contribution < -0.4 is 19.5 Å². The molecule has 0 spiro atoms. The second-order valence-corrected chi connectivity index (χ2v) is 11.5. The largest absolute Gasteiger partial charge is 0.497 e. The Morgan fingerprint density at radius 3 is 2.28 bits per heavy atom. The molecule has 3 aromatic carbocycles. The van der Waals surface area contributed by atoms with Crippen LogP contribution >= 0.6 is 0 Å². The number of aromatic nitrogens is 1. The van der Waals surface area contributed by atoms with E-state index in [1.54, 1.807) is 33.1 Å². The highest BCUT2D eigenvalue weighted by molar-refractivity contribution is 5.92. The van der Waals surface area contributed by atoms with E-state index < -0.39 is 35.3 Å². The van der Waals surface area contributed by atoms with Crippen molar-refractivity contribution in [3.8, 4) is 28.5 Å². The van der Waals surface area contributed by atoms with Gasteiger partial charge < -0.3 is 24.6 Å². The van der Waals surface area contributed by atoms with E-state index in [9.17, 15) is 23.1 Å². The Kier molecular flexibility index (Phi) is 10.9. The fourth-order valence-electron chi connectivity index (χ4n) is 4.72. The molecule has 1 aromatic heterocycles. The van der Waals surface area contributed by atoms with Gasteiger partial charge in [-0.1, -0.05) is 44.2 Å². The number of nitrogens with zero attached hydrogens (tertiary/aromatic N) is 1. The van der Waals surface area contributed by atoms with E-state index in [2.05, 4.69) is 10.3 Å². The van der Waals surface area contributed by atoms with Crippen LogP contribution in [0, 0.1) is 11.2 Å². The van der Waals surface area contributed by atoms with Gasteiger partial charge in [0.25, 0.3) is 5.88 Å². The van der Waals surface area contributed by atoms with Gasteiger partial charge in [-0.2, -0.15) is 13.2 Å². The van der Waals surface area contributed by atoms with E-state index in [4.69, 9.17) is 14.2 Å². The molecular weight excluding hydrogens is 604 g/mol. The minimum absolute atomic E-state index is 0.00463. The van der Waals surface area contributed by atoms with Gasteiger partial charge in [0.15, 0.2) is 5.75 Å². The predicted molar refractivity (Wildman–Crippen MR) is 166 cm³/mol. The second kappa shape index (κ2) is 14.6. The summed E-state index contributed by atoms with van der Waals surface area (Å²) < 4.78 is 73.3. The van der Waals surface area contributed by atoms with Crippen molar-refractivity contribution in [3.05, 3.63) is 101 Å². The zero-order chi connectivity index (χ0) is 33.5. The Balaban J connectivity index is 1.46. The van der Waals surface area contributed by atoms with E-state index >= 15 is 4.39 Å². The van der Waals surface area contributed by atoms with Gasteiger partial charge in [0, 0.05) is 24.1 Å². The zero-order valence-electron chi connectivity index (χ0n) is 26.0. The maximum absolute atomic E-state index is 15.2. The molecule has 0 saturated heterocycles. The Morgan fingerprint density at radius 1 is 0.935 bits per heavy atom. The first kappa shape index (κ1) is 34.2. The lowest BCUT2D eigenvalue weighted by atomic mass is 9.84. The van der Waals surface area contributed by atoms with E-state index in [1.165, 1.54) is 30.5 Å². The Labute approximate surface area is 265 Å². The molecule has 11 heteroatoms. The molecule has 4 aromatic rings. The number of nitrogens with one attached hydrogen (secondary N) is 1. The van der Waals surface area contributed by atoms with Gasteiger partial charge >= 0.3 is 6.18 Å². The summed E-state index contributed by atoms with van der Waals surface area (Å²) in [6.07, 6.45) is -3.55. The number of pyridine rings is 1. The summed E-state index contributed by atoms with van der Waals surface area (Å²) in [5, 5.41) is 11.9. The van der Waals surface area contributed by atoms with E-state index in [1.807, 2.05) is 31.2 Å². The van der Waals surface area contributed by atoms with Crippen LogP contribution in [0.1, 0.15) is 43.0 Å². The van der Waals surface area contributed by atoms with Crippen molar-refractivity contribution in [1.82, 2.24) is 4.98 Å². The molecule has 0 unspecified atom stereocenters. The number of amides is 1. The van der Waals surface area contributed by atoms with Crippen molar-refractivity contribution in [2.24, 2.45) is 5.41 Å². The zero-order valence-corrected chi connectivity index (χ0v) is 26.0. The van der Waals surface area contributed by atoms with Crippen LogP contribution in [0.2, 0.25) is 0 Å². The van der Waals surface area contributed by atoms with Crippen molar-refractivity contribution < 1.29 is 41.7 Å². The molecule has 46 heavy (non-hydrogen) atoms. The van der Waals surface area contributed by atoms with Crippen molar-refractivity contribution in [3.63, 3.8) is 0 Å². The molecule has 1 amide bonds. The SMILES string of the molecule is CCOc1cc(-c2ccc(CC(=O)Nc3ccc(CC(C)(C)CO)c(C(F)(F)F)c3)c(F)c2)cnc1OCc1ccc(OC)cc1. The number of hydrogen-bond acceptors (Lipinski definition) is 6. The van der Waals surface area contributed by atoms with Crippen LogP contribution in [0.5, 0.6) is 17.4 Å². The molecule has 0 aliphatic carbocycles. The number of alkyl halides is 3. The van der Waals surface area contributed by atoms with Crippen LogP contribution in [-0.2, 0) is 30.4 Å². The number of carbonyl (C=O) groups is 1. The van der Waals surface area contributed by atoms with Crippen LogP contribution in [0.15, 0.2) is 72.9 Å². The average molecular weight is 641 g/mol. The van der Waals surface area contributed by atoms with Gasteiger partial charge in [0.05, 0.1) is 25.7 Å². The van der Waals surface area contributed by atoms with Crippen LogP contribution in [-0.4, -0.2) is 36.3 Å². The number of hydrogen-bond donors (Lipinski definition) is 2. The molecule has 0 radical (unpaired) electrons. The molecule has 7 nitrogen and oxygen atoms in total.